The molecular formula is C16H13NO3. The van der Waals surface area contributed by atoms with Gasteiger partial charge in [-0.15, -0.1) is 0 Å². The molecule has 1 aliphatic rings. The van der Waals surface area contributed by atoms with Crippen molar-refractivity contribution in [3.63, 3.8) is 0 Å². The van der Waals surface area contributed by atoms with E-state index in [1.165, 1.54) is 0 Å². The van der Waals surface area contributed by atoms with Gasteiger partial charge in [0.15, 0.2) is 0 Å². The number of fused-ring (bicyclic) bond motifs is 3. The average molecular weight is 267 g/mol. The number of carboxylic acid groups (broad SMARTS) is 1. The van der Waals surface area contributed by atoms with Crippen molar-refractivity contribution in [2.45, 2.75) is 12.5 Å². The zero-order valence-corrected chi connectivity index (χ0v) is 10.7. The van der Waals surface area contributed by atoms with Gasteiger partial charge >= 0.3 is 5.97 Å². The van der Waals surface area contributed by atoms with Crippen LogP contribution in [-0.2, 0) is 11.2 Å². The van der Waals surface area contributed by atoms with Gasteiger partial charge in [0.2, 0.25) is 0 Å². The lowest BCUT2D eigenvalue weighted by Gasteiger charge is -2.22. The maximum Gasteiger partial charge on any atom is 0.326 e. The Morgan fingerprint density at radius 2 is 1.60 bits per heavy atom. The van der Waals surface area contributed by atoms with Crippen LogP contribution in [0, 0.1) is 0 Å². The third-order valence-electron chi connectivity index (χ3n) is 3.51. The fraction of sp³-hybridized carbons (Fsp3) is 0.125. The fourth-order valence-electron chi connectivity index (χ4n) is 2.53. The van der Waals surface area contributed by atoms with Gasteiger partial charge < -0.3 is 10.4 Å². The lowest BCUT2D eigenvalue weighted by atomic mass is 9.90. The molecule has 0 bridgehead atoms. The quantitative estimate of drug-likeness (QED) is 0.831. The molecule has 0 saturated carbocycles. The Balaban J connectivity index is 2.22. The van der Waals surface area contributed by atoms with Gasteiger partial charge in [-0.3, -0.25) is 4.79 Å². The van der Waals surface area contributed by atoms with Crippen molar-refractivity contribution in [3.8, 4) is 11.1 Å². The molecule has 100 valence electrons. The lowest BCUT2D eigenvalue weighted by molar-refractivity contribution is -0.139. The lowest BCUT2D eigenvalue weighted by Crippen LogP contribution is -2.43. The van der Waals surface area contributed by atoms with E-state index >= 15 is 0 Å². The summed E-state index contributed by atoms with van der Waals surface area (Å²) in [4.78, 5) is 23.5. The van der Waals surface area contributed by atoms with Crippen molar-refractivity contribution in [2.75, 3.05) is 0 Å². The van der Waals surface area contributed by atoms with Gasteiger partial charge in [-0.25, -0.2) is 4.79 Å². The molecule has 1 amide bonds. The molecule has 0 radical (unpaired) electrons. The van der Waals surface area contributed by atoms with Gasteiger partial charge in [-0.05, 0) is 22.8 Å². The number of carbonyl (C=O) groups excluding carboxylic acids is 1. The van der Waals surface area contributed by atoms with E-state index in [4.69, 9.17) is 0 Å². The first-order valence-corrected chi connectivity index (χ1v) is 6.38. The number of aliphatic carboxylic acids is 1. The number of carbonyl (C=O) groups is 2. The minimum atomic E-state index is -1.02. The van der Waals surface area contributed by atoms with Crippen LogP contribution in [0.4, 0.5) is 0 Å². The summed E-state index contributed by atoms with van der Waals surface area (Å²) >= 11 is 0. The molecule has 2 aromatic carbocycles. The van der Waals surface area contributed by atoms with Crippen LogP contribution in [0.1, 0.15) is 15.9 Å². The highest BCUT2D eigenvalue weighted by atomic mass is 16.4. The number of nitrogens with one attached hydrogen (secondary N) is 1. The Labute approximate surface area is 116 Å². The van der Waals surface area contributed by atoms with Gasteiger partial charge in [-0.2, -0.15) is 0 Å². The highest BCUT2D eigenvalue weighted by molar-refractivity contribution is 6.03. The van der Waals surface area contributed by atoms with Gasteiger partial charge in [-0.1, -0.05) is 42.5 Å². The van der Waals surface area contributed by atoms with Crippen LogP contribution in [0.15, 0.2) is 48.5 Å². The third-order valence-corrected chi connectivity index (χ3v) is 3.51. The van der Waals surface area contributed by atoms with Crippen LogP contribution in [0.2, 0.25) is 0 Å². The number of amides is 1. The summed E-state index contributed by atoms with van der Waals surface area (Å²) in [6.45, 7) is 0. The molecule has 1 heterocycles. The van der Waals surface area contributed by atoms with Crippen molar-refractivity contribution < 1.29 is 14.7 Å². The monoisotopic (exact) mass is 267 g/mol. The Kier molecular flexibility index (Phi) is 2.99. The van der Waals surface area contributed by atoms with Gasteiger partial charge in [0.1, 0.15) is 6.04 Å². The summed E-state index contributed by atoms with van der Waals surface area (Å²) in [5.41, 5.74) is 3.19. The Hall–Kier alpha value is -2.62. The molecule has 1 aliphatic heterocycles. The second kappa shape index (κ2) is 4.81. The second-order valence-electron chi connectivity index (χ2n) is 4.77. The van der Waals surface area contributed by atoms with Crippen LogP contribution >= 0.6 is 0 Å². The molecule has 20 heavy (non-hydrogen) atoms. The molecule has 2 aromatic rings. The van der Waals surface area contributed by atoms with E-state index in [9.17, 15) is 14.7 Å². The zero-order valence-electron chi connectivity index (χ0n) is 10.7. The van der Waals surface area contributed by atoms with Crippen LogP contribution in [0.25, 0.3) is 11.1 Å². The molecule has 4 nitrogen and oxygen atoms in total. The Bertz CT molecular complexity index is 694. The first-order valence-electron chi connectivity index (χ1n) is 6.38. The SMILES string of the molecule is O=C1NC(C(=O)O)Cc2ccccc2-c2ccccc21. The maximum absolute atomic E-state index is 12.2. The van der Waals surface area contributed by atoms with E-state index in [2.05, 4.69) is 5.32 Å². The van der Waals surface area contributed by atoms with E-state index in [-0.39, 0.29) is 12.3 Å². The molecule has 1 atom stereocenters. The topological polar surface area (TPSA) is 66.4 Å². The summed E-state index contributed by atoms with van der Waals surface area (Å²) < 4.78 is 0. The molecule has 2 N–H and O–H groups in total. The largest absolute Gasteiger partial charge is 0.480 e. The minimum Gasteiger partial charge on any atom is -0.480 e. The predicted molar refractivity (Wildman–Crippen MR) is 74.5 cm³/mol. The van der Waals surface area contributed by atoms with Gasteiger partial charge in [0, 0.05) is 12.0 Å². The summed E-state index contributed by atoms with van der Waals surface area (Å²) in [7, 11) is 0. The third kappa shape index (κ3) is 2.05. The maximum atomic E-state index is 12.2. The highest BCUT2D eigenvalue weighted by Gasteiger charge is 2.26. The first-order chi connectivity index (χ1) is 9.66. The second-order valence-corrected chi connectivity index (χ2v) is 4.77. The van der Waals surface area contributed by atoms with Crippen LogP contribution < -0.4 is 5.32 Å². The van der Waals surface area contributed by atoms with Crippen molar-refractivity contribution >= 4 is 11.9 Å². The molecule has 1 unspecified atom stereocenters. The van der Waals surface area contributed by atoms with E-state index in [1.54, 1.807) is 12.1 Å². The molecule has 0 saturated heterocycles. The molecule has 0 spiro atoms. The van der Waals surface area contributed by atoms with Crippen LogP contribution in [0.3, 0.4) is 0 Å². The fourth-order valence-corrected chi connectivity index (χ4v) is 2.53. The molecule has 0 aromatic heterocycles. The number of hydrogen-bond donors (Lipinski definition) is 2. The van der Waals surface area contributed by atoms with E-state index in [1.807, 2.05) is 36.4 Å². The first kappa shape index (κ1) is 12.4. The minimum absolute atomic E-state index is 0.283. The van der Waals surface area contributed by atoms with E-state index in [0.29, 0.717) is 5.56 Å². The Morgan fingerprint density at radius 1 is 1.00 bits per heavy atom. The number of rotatable bonds is 1. The van der Waals surface area contributed by atoms with Gasteiger partial charge in [0.05, 0.1) is 0 Å². The van der Waals surface area contributed by atoms with Crippen molar-refractivity contribution in [1.29, 1.82) is 0 Å². The molecule has 4 heteroatoms. The Morgan fingerprint density at radius 3 is 2.30 bits per heavy atom. The normalized spacial score (nSPS) is 17.2. The van der Waals surface area contributed by atoms with Crippen molar-refractivity contribution in [3.05, 3.63) is 59.7 Å². The number of benzene rings is 2. The summed E-state index contributed by atoms with van der Waals surface area (Å²) in [5, 5.41) is 11.8. The smallest absolute Gasteiger partial charge is 0.326 e. The summed E-state index contributed by atoms with van der Waals surface area (Å²) in [6.07, 6.45) is 0.283. The molecule has 3 rings (SSSR count). The van der Waals surface area contributed by atoms with Gasteiger partial charge in [0.25, 0.3) is 5.91 Å². The zero-order chi connectivity index (χ0) is 14.1. The molecule has 0 fully saturated rings. The number of carboxylic acids is 1. The van der Waals surface area contributed by atoms with Crippen molar-refractivity contribution in [2.24, 2.45) is 0 Å². The standard InChI is InChI=1S/C16H13NO3/c18-15-13-8-4-3-7-12(13)11-6-2-1-5-10(11)9-14(17-15)16(19)20/h1-8,14H,9H2,(H,17,18)(H,19,20). The molecule has 0 aliphatic carbocycles. The summed E-state index contributed by atoms with van der Waals surface area (Å²) in [5.74, 6) is -1.37. The van der Waals surface area contributed by atoms with Crippen molar-refractivity contribution in [1.82, 2.24) is 5.32 Å². The summed E-state index contributed by atoms with van der Waals surface area (Å²) in [6, 6.07) is 13.9. The van der Waals surface area contributed by atoms with E-state index in [0.717, 1.165) is 16.7 Å². The molecular weight excluding hydrogens is 254 g/mol. The number of hydrogen-bond acceptors (Lipinski definition) is 2. The van der Waals surface area contributed by atoms with Crippen LogP contribution in [-0.4, -0.2) is 23.0 Å². The predicted octanol–water partition coefficient (Wildman–Crippen LogP) is 2.09. The van der Waals surface area contributed by atoms with E-state index < -0.39 is 12.0 Å². The average Bonchev–Trinajstić information content (AvgIpc) is 2.45. The highest BCUT2D eigenvalue weighted by Crippen LogP contribution is 2.29. The van der Waals surface area contributed by atoms with Crippen LogP contribution in [0.5, 0.6) is 0 Å².